The highest BCUT2D eigenvalue weighted by molar-refractivity contribution is 6.00. The molecule has 15 nitrogen and oxygen atoms in total. The van der Waals surface area contributed by atoms with E-state index in [0.717, 1.165) is 123 Å². The first kappa shape index (κ1) is 52.4. The summed E-state index contributed by atoms with van der Waals surface area (Å²) < 4.78 is 12.0. The van der Waals surface area contributed by atoms with Crippen LogP contribution < -0.4 is 20.7 Å². The van der Waals surface area contributed by atoms with Crippen LogP contribution in [0.25, 0.3) is 102 Å². The van der Waals surface area contributed by atoms with E-state index in [-0.39, 0.29) is 43.5 Å². The summed E-state index contributed by atoms with van der Waals surface area (Å²) in [4.78, 5) is 56.4. The summed E-state index contributed by atoms with van der Waals surface area (Å²) in [5, 5.41) is 18.1. The van der Waals surface area contributed by atoms with Gasteiger partial charge in [0.1, 0.15) is 18.9 Å². The Hall–Kier alpha value is -10.9. The minimum atomic E-state index is -1.10. The predicted molar refractivity (Wildman–Crippen MR) is 332 cm³/mol. The average molecular weight is 1110 g/mol. The molecule has 8 bridgehead atoms. The van der Waals surface area contributed by atoms with Crippen LogP contribution in [-0.4, -0.2) is 78.3 Å². The van der Waals surface area contributed by atoms with Crippen molar-refractivity contribution >= 4 is 70.3 Å². The molecule has 0 saturated heterocycles. The van der Waals surface area contributed by atoms with Crippen molar-refractivity contribution in [2.45, 2.75) is 26.7 Å². The number of hydrogen-bond acceptors (Lipinski definition) is 11. The van der Waals surface area contributed by atoms with E-state index in [1.807, 2.05) is 48.5 Å². The van der Waals surface area contributed by atoms with Crippen LogP contribution in [0.5, 0.6) is 11.8 Å². The molecular weight excluding hydrogens is 1050 g/mol. The number of ether oxygens (including phenoxy) is 2. The van der Waals surface area contributed by atoms with E-state index < -0.39 is 18.6 Å². The van der Waals surface area contributed by atoms with Crippen molar-refractivity contribution in [2.75, 3.05) is 36.9 Å². The zero-order valence-corrected chi connectivity index (χ0v) is 46.2. The second-order valence-electron chi connectivity index (χ2n) is 20.9. The Balaban J connectivity index is 0.838. The Morgan fingerprint density at radius 3 is 1.31 bits per heavy atom. The molecular formula is C69H56N10O5. The highest BCUT2D eigenvalue weighted by Crippen LogP contribution is 2.45. The van der Waals surface area contributed by atoms with E-state index in [1.54, 1.807) is 0 Å². The number of aryl methyl sites for hydroxylation is 3. The number of alkyl carbamates (subject to hydrolysis) is 1. The van der Waals surface area contributed by atoms with Crippen LogP contribution in [-0.2, 0) is 9.53 Å². The van der Waals surface area contributed by atoms with Crippen LogP contribution in [0.15, 0.2) is 170 Å². The molecule has 2 aliphatic heterocycles. The molecule has 10 aromatic rings. The van der Waals surface area contributed by atoms with Gasteiger partial charge in [0, 0.05) is 63.3 Å². The number of amides is 1. The fourth-order valence-corrected chi connectivity index (χ4v) is 11.1. The van der Waals surface area contributed by atoms with Gasteiger partial charge in [-0.1, -0.05) is 150 Å². The van der Waals surface area contributed by atoms with Crippen molar-refractivity contribution in [3.8, 4) is 67.4 Å². The number of carbonyl (C=O) groups excluding carboxylic acids is 1. The van der Waals surface area contributed by atoms with Gasteiger partial charge in [0.2, 0.25) is 11.9 Å². The molecule has 6 N–H and O–H groups in total. The number of fused-ring (bicyclic) bond motifs is 11. The number of nitrogens with one attached hydrogen (secondary N) is 5. The highest BCUT2D eigenvalue weighted by Gasteiger charge is 2.29. The molecule has 1 aliphatic carbocycles. The number of carboxylic acid groups (broad SMARTS) is 1. The number of carbonyl (C=O) groups is 2. The van der Waals surface area contributed by atoms with Gasteiger partial charge in [-0.05, 0) is 126 Å². The van der Waals surface area contributed by atoms with Gasteiger partial charge in [-0.25, -0.2) is 14.8 Å². The number of nitrogens with zero attached hydrogens (tertiary/aromatic N) is 5. The third-order valence-corrected chi connectivity index (χ3v) is 15.2. The Morgan fingerprint density at radius 2 is 0.881 bits per heavy atom. The fourth-order valence-electron chi connectivity index (χ4n) is 11.1. The van der Waals surface area contributed by atoms with Crippen LogP contribution >= 0.6 is 0 Å². The quantitative estimate of drug-likeness (QED) is 0.0531. The zero-order valence-electron chi connectivity index (χ0n) is 46.2. The van der Waals surface area contributed by atoms with Crippen LogP contribution in [0.2, 0.25) is 0 Å². The first-order chi connectivity index (χ1) is 41.0. The largest absolute Gasteiger partial charge is 0.480 e. The highest BCUT2D eigenvalue weighted by atomic mass is 16.5. The lowest BCUT2D eigenvalue weighted by Gasteiger charge is -2.15. The number of aromatic amines is 2. The lowest BCUT2D eigenvalue weighted by atomic mass is 9.98. The fraction of sp³-hybridized carbons (Fsp3) is 0.116. The standard InChI is InChI=1S/C69H56N10O5/c1-40-12-18-43(19-13-40)62-53-28-30-55(73-53)63(44-20-14-41(2)15-21-44)57-32-34-59(75-57)65(60-35-33-58(76-60)64(56-31-29-54(62)74-56)45-22-16-42(3)17-23-45)46-24-26-47(27-25-46)84-68-78-66(77-67(79-68)72-38-61(80)81)70-36-37-71-69(82)83-39-52-50-10-6-4-8-48(50)49-9-5-7-11-51(49)52/h4-35,52,73,76H,36-39H2,1-3H3,(H,71,82)(H,80,81)(H2,70,72,77,78,79). The van der Waals surface area contributed by atoms with Crippen molar-refractivity contribution in [3.05, 3.63) is 220 Å². The van der Waals surface area contributed by atoms with Gasteiger partial charge < -0.3 is 40.5 Å². The molecule has 6 aromatic carbocycles. The molecule has 1 amide bonds. The summed E-state index contributed by atoms with van der Waals surface area (Å²) >= 11 is 0. The molecule has 0 atom stereocenters. The topological polar surface area (TPSA) is 205 Å². The molecule has 0 saturated carbocycles. The van der Waals surface area contributed by atoms with E-state index in [4.69, 9.17) is 19.4 Å². The van der Waals surface area contributed by atoms with Crippen molar-refractivity contribution in [1.29, 1.82) is 0 Å². The number of H-pyrrole nitrogens is 2. The van der Waals surface area contributed by atoms with Gasteiger partial charge in [-0.15, -0.1) is 0 Å². The first-order valence-corrected chi connectivity index (χ1v) is 27.8. The van der Waals surface area contributed by atoms with E-state index in [1.165, 1.54) is 5.56 Å². The summed E-state index contributed by atoms with van der Waals surface area (Å²) in [5.74, 6) is -0.702. The van der Waals surface area contributed by atoms with Crippen molar-refractivity contribution in [1.82, 2.24) is 40.2 Å². The second kappa shape index (κ2) is 22.5. The molecule has 4 aromatic heterocycles. The number of aromatic nitrogens is 7. The number of benzene rings is 6. The first-order valence-electron chi connectivity index (χ1n) is 27.8. The summed E-state index contributed by atoms with van der Waals surface area (Å²) in [5.41, 5.74) is 22.3. The van der Waals surface area contributed by atoms with Gasteiger partial charge in [0.05, 0.1) is 22.8 Å². The number of hydrogen-bond donors (Lipinski definition) is 6. The van der Waals surface area contributed by atoms with Gasteiger partial charge >= 0.3 is 18.1 Å². The van der Waals surface area contributed by atoms with Crippen molar-refractivity contribution < 1.29 is 24.2 Å². The molecule has 15 heteroatoms. The Labute approximate surface area is 484 Å². The average Bonchev–Trinajstić information content (AvgIpc) is 2.84. The molecule has 6 heterocycles. The smallest absolute Gasteiger partial charge is 0.407 e. The van der Waals surface area contributed by atoms with Crippen molar-refractivity contribution in [3.63, 3.8) is 0 Å². The van der Waals surface area contributed by atoms with E-state index in [2.05, 4.69) is 207 Å². The van der Waals surface area contributed by atoms with E-state index in [0.29, 0.717) is 5.75 Å². The van der Waals surface area contributed by atoms with Crippen LogP contribution in [0.4, 0.5) is 16.7 Å². The van der Waals surface area contributed by atoms with Gasteiger partial charge in [0.15, 0.2) is 0 Å². The Bertz CT molecular complexity index is 4340. The van der Waals surface area contributed by atoms with Gasteiger partial charge in [-0.2, -0.15) is 15.0 Å². The van der Waals surface area contributed by atoms with Gasteiger partial charge in [-0.3, -0.25) is 4.79 Å². The third kappa shape index (κ3) is 10.8. The molecule has 0 spiro atoms. The normalized spacial score (nSPS) is 12.2. The molecule has 0 radical (unpaired) electrons. The van der Waals surface area contributed by atoms with Gasteiger partial charge in [0.25, 0.3) is 0 Å². The van der Waals surface area contributed by atoms with Crippen LogP contribution in [0, 0.1) is 20.8 Å². The monoisotopic (exact) mass is 1100 g/mol. The maximum atomic E-state index is 13.0. The van der Waals surface area contributed by atoms with Crippen LogP contribution in [0.3, 0.4) is 0 Å². The lowest BCUT2D eigenvalue weighted by Crippen LogP contribution is -2.30. The molecule has 3 aliphatic rings. The Kier molecular flexibility index (Phi) is 14.1. The maximum Gasteiger partial charge on any atom is 0.407 e. The van der Waals surface area contributed by atoms with Crippen LogP contribution in [0.1, 0.15) is 56.5 Å². The number of carboxylic acids is 1. The van der Waals surface area contributed by atoms with E-state index >= 15 is 0 Å². The zero-order chi connectivity index (χ0) is 57.3. The molecule has 84 heavy (non-hydrogen) atoms. The minimum Gasteiger partial charge on any atom is -0.480 e. The summed E-state index contributed by atoms with van der Waals surface area (Å²) in [6.45, 7) is 6.37. The molecule has 0 fully saturated rings. The maximum absolute atomic E-state index is 13.0. The Morgan fingerprint density at radius 1 is 0.476 bits per heavy atom. The molecule has 412 valence electrons. The number of rotatable bonds is 15. The second-order valence-corrected chi connectivity index (χ2v) is 20.9. The third-order valence-electron chi connectivity index (χ3n) is 15.2. The number of aliphatic carboxylic acids is 1. The molecule has 13 rings (SSSR count). The minimum absolute atomic E-state index is 0.0227. The number of anilines is 2. The lowest BCUT2D eigenvalue weighted by molar-refractivity contribution is -0.134. The van der Waals surface area contributed by atoms with E-state index in [9.17, 15) is 14.7 Å². The molecule has 0 unspecified atom stereocenters. The van der Waals surface area contributed by atoms with Crippen molar-refractivity contribution in [2.24, 2.45) is 0 Å². The summed E-state index contributed by atoms with van der Waals surface area (Å²) in [6.07, 6.45) is 7.77. The summed E-state index contributed by atoms with van der Waals surface area (Å²) in [7, 11) is 0. The summed E-state index contributed by atoms with van der Waals surface area (Å²) in [6, 6.07) is 57.9. The SMILES string of the molecule is Cc1ccc(-c2c3nc(c(-c4ccc(C)cc4)c4ccc([nH]4)c(-c4ccc(Oc5nc(NCCNC(=O)OCC6c7ccccc7-c7ccccc76)nc(NCC(=O)O)n5)cc4)c4nc(c(-c5ccc(C)cc5)c5ccc2[nH]5)C=C4)C=C3)cc1. The predicted octanol–water partition coefficient (Wildman–Crippen LogP) is 14.7.